The second-order valence-electron chi connectivity index (χ2n) is 4.42. The highest BCUT2D eigenvalue weighted by molar-refractivity contribution is 5.68. The first-order valence-corrected chi connectivity index (χ1v) is 4.42. The Hall–Kier alpha value is -0.730. The molecule has 1 N–H and O–H groups in total. The van der Waals surface area contributed by atoms with Crippen LogP contribution in [-0.2, 0) is 4.74 Å². The van der Waals surface area contributed by atoms with E-state index in [-0.39, 0.29) is 11.6 Å². The van der Waals surface area contributed by atoms with Crippen molar-refractivity contribution < 1.29 is 9.53 Å². The third-order valence-electron chi connectivity index (χ3n) is 1.62. The number of carbonyl (C=O) groups excluding carboxylic acids is 1. The Balaban J connectivity index is 2.10. The number of hydrogen-bond acceptors (Lipinski definition) is 2. The summed E-state index contributed by atoms with van der Waals surface area (Å²) in [6, 6.07) is 0. The standard InChI is InChI=1S/C9H17NO2/c1-9(2,3)10-8(11)12-6-7-4-5-7/h7H,4-6H2,1-3H3,(H,10,11). The minimum absolute atomic E-state index is 0.194. The SMILES string of the molecule is CC(C)(C)NC(=O)OCC1CC1. The Kier molecular flexibility index (Phi) is 2.60. The number of rotatable bonds is 2. The van der Waals surface area contributed by atoms with Crippen molar-refractivity contribution in [2.24, 2.45) is 5.92 Å². The van der Waals surface area contributed by atoms with Gasteiger partial charge in [0, 0.05) is 5.54 Å². The lowest BCUT2D eigenvalue weighted by Gasteiger charge is -2.19. The van der Waals surface area contributed by atoms with Crippen LogP contribution in [0, 0.1) is 5.92 Å². The van der Waals surface area contributed by atoms with Crippen molar-refractivity contribution in [2.45, 2.75) is 39.2 Å². The molecule has 3 nitrogen and oxygen atoms in total. The van der Waals surface area contributed by atoms with Gasteiger partial charge in [0.15, 0.2) is 0 Å². The fourth-order valence-corrected chi connectivity index (χ4v) is 0.820. The van der Waals surface area contributed by atoms with E-state index in [0.29, 0.717) is 12.5 Å². The third-order valence-corrected chi connectivity index (χ3v) is 1.62. The summed E-state index contributed by atoms with van der Waals surface area (Å²) in [6.07, 6.45) is 2.13. The smallest absolute Gasteiger partial charge is 0.407 e. The van der Waals surface area contributed by atoms with Crippen LogP contribution in [0.25, 0.3) is 0 Å². The molecule has 0 aromatic carbocycles. The van der Waals surface area contributed by atoms with E-state index in [2.05, 4.69) is 5.32 Å². The number of nitrogens with one attached hydrogen (secondary N) is 1. The lowest BCUT2D eigenvalue weighted by atomic mass is 10.1. The van der Waals surface area contributed by atoms with E-state index in [1.54, 1.807) is 0 Å². The van der Waals surface area contributed by atoms with E-state index in [0.717, 1.165) is 0 Å². The van der Waals surface area contributed by atoms with Gasteiger partial charge in [-0.1, -0.05) is 0 Å². The average molecular weight is 171 g/mol. The maximum absolute atomic E-state index is 11.1. The van der Waals surface area contributed by atoms with Gasteiger partial charge in [-0.15, -0.1) is 0 Å². The molecule has 0 aromatic rings. The van der Waals surface area contributed by atoms with Gasteiger partial charge in [-0.3, -0.25) is 0 Å². The molecule has 3 heteroatoms. The zero-order valence-corrected chi connectivity index (χ0v) is 8.02. The highest BCUT2D eigenvalue weighted by Gasteiger charge is 2.23. The summed E-state index contributed by atoms with van der Waals surface area (Å²) in [4.78, 5) is 11.1. The molecular formula is C9H17NO2. The lowest BCUT2D eigenvalue weighted by molar-refractivity contribution is 0.133. The van der Waals surface area contributed by atoms with Gasteiger partial charge in [0.25, 0.3) is 0 Å². The van der Waals surface area contributed by atoms with Crippen LogP contribution in [0.15, 0.2) is 0 Å². The fourth-order valence-electron chi connectivity index (χ4n) is 0.820. The van der Waals surface area contributed by atoms with Gasteiger partial charge >= 0.3 is 6.09 Å². The molecule has 1 rings (SSSR count). The van der Waals surface area contributed by atoms with E-state index in [9.17, 15) is 4.79 Å². The van der Waals surface area contributed by atoms with E-state index < -0.39 is 0 Å². The van der Waals surface area contributed by atoms with Crippen molar-refractivity contribution in [2.75, 3.05) is 6.61 Å². The van der Waals surface area contributed by atoms with Gasteiger partial charge in [-0.2, -0.15) is 0 Å². The predicted octanol–water partition coefficient (Wildman–Crippen LogP) is 1.92. The quantitative estimate of drug-likeness (QED) is 0.689. The van der Waals surface area contributed by atoms with Crippen LogP contribution in [0.2, 0.25) is 0 Å². The van der Waals surface area contributed by atoms with Crippen LogP contribution in [0.3, 0.4) is 0 Å². The number of ether oxygens (including phenoxy) is 1. The summed E-state index contributed by atoms with van der Waals surface area (Å²) in [5.41, 5.74) is -0.194. The van der Waals surface area contributed by atoms with Crippen molar-refractivity contribution in [3.63, 3.8) is 0 Å². The molecule has 0 unspecified atom stereocenters. The molecule has 1 amide bonds. The number of alkyl carbamates (subject to hydrolysis) is 1. The fraction of sp³-hybridized carbons (Fsp3) is 0.889. The zero-order valence-electron chi connectivity index (χ0n) is 8.02. The molecule has 1 saturated carbocycles. The highest BCUT2D eigenvalue weighted by Crippen LogP contribution is 2.28. The van der Waals surface area contributed by atoms with Crippen molar-refractivity contribution >= 4 is 6.09 Å². The summed E-state index contributed by atoms with van der Waals surface area (Å²) in [6.45, 7) is 6.39. The van der Waals surface area contributed by atoms with Crippen LogP contribution in [0.4, 0.5) is 4.79 Å². The molecule has 1 aliphatic carbocycles. The summed E-state index contributed by atoms with van der Waals surface area (Å²) < 4.78 is 4.99. The topological polar surface area (TPSA) is 38.3 Å². The molecule has 1 fully saturated rings. The molecule has 12 heavy (non-hydrogen) atoms. The van der Waals surface area contributed by atoms with Crippen molar-refractivity contribution in [3.8, 4) is 0 Å². The first-order valence-electron chi connectivity index (χ1n) is 4.42. The molecule has 0 radical (unpaired) electrons. The molecule has 0 spiro atoms. The summed E-state index contributed by atoms with van der Waals surface area (Å²) in [5.74, 6) is 0.635. The Morgan fingerprint density at radius 1 is 1.50 bits per heavy atom. The molecule has 0 bridgehead atoms. The molecule has 0 saturated heterocycles. The predicted molar refractivity (Wildman–Crippen MR) is 47.0 cm³/mol. The van der Waals surface area contributed by atoms with Crippen molar-refractivity contribution in [3.05, 3.63) is 0 Å². The van der Waals surface area contributed by atoms with Gasteiger partial charge in [0.05, 0.1) is 6.61 Å². The molecule has 0 aliphatic heterocycles. The maximum Gasteiger partial charge on any atom is 0.407 e. The Morgan fingerprint density at radius 3 is 2.50 bits per heavy atom. The molecule has 0 heterocycles. The van der Waals surface area contributed by atoms with Gasteiger partial charge < -0.3 is 10.1 Å². The molecule has 0 atom stereocenters. The minimum Gasteiger partial charge on any atom is -0.449 e. The van der Waals surface area contributed by atoms with Crippen LogP contribution >= 0.6 is 0 Å². The van der Waals surface area contributed by atoms with E-state index in [1.807, 2.05) is 20.8 Å². The summed E-state index contributed by atoms with van der Waals surface area (Å²) in [7, 11) is 0. The Labute approximate surface area is 73.5 Å². The summed E-state index contributed by atoms with van der Waals surface area (Å²) >= 11 is 0. The van der Waals surface area contributed by atoms with Crippen LogP contribution in [-0.4, -0.2) is 18.2 Å². The van der Waals surface area contributed by atoms with Crippen LogP contribution in [0.5, 0.6) is 0 Å². The van der Waals surface area contributed by atoms with Crippen molar-refractivity contribution in [1.82, 2.24) is 5.32 Å². The number of hydrogen-bond donors (Lipinski definition) is 1. The highest BCUT2D eigenvalue weighted by atomic mass is 16.5. The van der Waals surface area contributed by atoms with Gasteiger partial charge in [-0.05, 0) is 39.5 Å². The monoisotopic (exact) mass is 171 g/mol. The zero-order chi connectivity index (χ0) is 9.19. The van der Waals surface area contributed by atoms with Crippen LogP contribution in [0.1, 0.15) is 33.6 Å². The largest absolute Gasteiger partial charge is 0.449 e. The average Bonchev–Trinajstić information content (AvgIpc) is 2.61. The van der Waals surface area contributed by atoms with E-state index in [1.165, 1.54) is 12.8 Å². The third kappa shape index (κ3) is 4.21. The summed E-state index contributed by atoms with van der Waals surface area (Å²) in [5, 5.41) is 2.74. The number of amides is 1. The van der Waals surface area contributed by atoms with E-state index in [4.69, 9.17) is 4.74 Å². The first-order chi connectivity index (χ1) is 5.47. The lowest BCUT2D eigenvalue weighted by Crippen LogP contribution is -2.41. The van der Waals surface area contributed by atoms with E-state index >= 15 is 0 Å². The molecular weight excluding hydrogens is 154 g/mol. The first kappa shape index (κ1) is 9.36. The van der Waals surface area contributed by atoms with Gasteiger partial charge in [-0.25, -0.2) is 4.79 Å². The molecule has 1 aliphatic rings. The molecule has 70 valence electrons. The maximum atomic E-state index is 11.1. The second-order valence-corrected chi connectivity index (χ2v) is 4.42. The second kappa shape index (κ2) is 3.33. The minimum atomic E-state index is -0.297. The van der Waals surface area contributed by atoms with Crippen LogP contribution < -0.4 is 5.32 Å². The Bertz CT molecular complexity index is 168. The number of carbonyl (C=O) groups is 1. The van der Waals surface area contributed by atoms with Crippen molar-refractivity contribution in [1.29, 1.82) is 0 Å². The van der Waals surface area contributed by atoms with Gasteiger partial charge in [0.1, 0.15) is 0 Å². The normalized spacial score (nSPS) is 17.2. The van der Waals surface area contributed by atoms with Gasteiger partial charge in [0.2, 0.25) is 0 Å². The Morgan fingerprint density at radius 2 is 2.08 bits per heavy atom. The molecule has 0 aromatic heterocycles.